The minimum atomic E-state index is -0.463. The maximum absolute atomic E-state index is 11.6. The zero-order valence-electron chi connectivity index (χ0n) is 14.2. The maximum atomic E-state index is 11.6. The van der Waals surface area contributed by atoms with E-state index >= 15 is 0 Å². The van der Waals surface area contributed by atoms with Crippen molar-refractivity contribution in [2.24, 2.45) is 5.10 Å². The number of nitrogens with one attached hydrogen (secondary N) is 3. The smallest absolute Gasteiger partial charge is 0.315 e. The highest BCUT2D eigenvalue weighted by molar-refractivity contribution is 5.86. The number of furan rings is 1. The fourth-order valence-electron chi connectivity index (χ4n) is 1.88. The second-order valence-corrected chi connectivity index (χ2v) is 5.39. The van der Waals surface area contributed by atoms with Crippen molar-refractivity contribution in [3.63, 3.8) is 0 Å². The van der Waals surface area contributed by atoms with Crippen LogP contribution < -0.4 is 21.0 Å². The number of hydrogen-bond donors (Lipinski definition) is 3. The molecule has 2 aromatic rings. The SMILES string of the molecule is CN(C)c1ccc(/C=N/NC(=O)CNC(=O)NCc2ccco2)cc1. The van der Waals surface area contributed by atoms with E-state index in [1.807, 2.05) is 43.3 Å². The summed E-state index contributed by atoms with van der Waals surface area (Å²) in [5.41, 5.74) is 4.28. The summed E-state index contributed by atoms with van der Waals surface area (Å²) in [5.74, 6) is 0.207. The molecule has 8 nitrogen and oxygen atoms in total. The highest BCUT2D eigenvalue weighted by Gasteiger charge is 2.05. The van der Waals surface area contributed by atoms with E-state index in [-0.39, 0.29) is 13.1 Å². The monoisotopic (exact) mass is 343 g/mol. The molecule has 0 aliphatic heterocycles. The van der Waals surface area contributed by atoms with Crippen LogP contribution in [-0.4, -0.2) is 38.8 Å². The van der Waals surface area contributed by atoms with Crippen molar-refractivity contribution in [2.45, 2.75) is 6.54 Å². The molecule has 0 spiro atoms. The van der Waals surface area contributed by atoms with Gasteiger partial charge in [-0.25, -0.2) is 10.2 Å². The topological polar surface area (TPSA) is 99.0 Å². The first-order chi connectivity index (χ1) is 12.0. The Morgan fingerprint density at radius 2 is 1.92 bits per heavy atom. The van der Waals surface area contributed by atoms with E-state index in [0.29, 0.717) is 5.76 Å². The summed E-state index contributed by atoms with van der Waals surface area (Å²) in [4.78, 5) is 25.2. The molecule has 8 heteroatoms. The molecule has 25 heavy (non-hydrogen) atoms. The van der Waals surface area contributed by atoms with E-state index < -0.39 is 11.9 Å². The number of hydrogen-bond acceptors (Lipinski definition) is 5. The molecular weight excluding hydrogens is 322 g/mol. The minimum Gasteiger partial charge on any atom is -0.467 e. The van der Waals surface area contributed by atoms with E-state index in [1.54, 1.807) is 12.1 Å². The predicted octanol–water partition coefficient (Wildman–Crippen LogP) is 1.30. The number of carbonyl (C=O) groups is 2. The van der Waals surface area contributed by atoms with Crippen LogP contribution in [0.2, 0.25) is 0 Å². The molecule has 1 heterocycles. The van der Waals surface area contributed by atoms with Gasteiger partial charge in [0.25, 0.3) is 5.91 Å². The molecule has 0 bridgehead atoms. The lowest BCUT2D eigenvalue weighted by Gasteiger charge is -2.11. The molecular formula is C17H21N5O3. The van der Waals surface area contributed by atoms with Crippen LogP contribution in [0, 0.1) is 0 Å². The first-order valence-corrected chi connectivity index (χ1v) is 7.68. The Bertz CT molecular complexity index is 708. The largest absolute Gasteiger partial charge is 0.467 e. The summed E-state index contributed by atoms with van der Waals surface area (Å²) in [6, 6.07) is 10.7. The zero-order chi connectivity index (χ0) is 18.1. The molecule has 0 aliphatic rings. The molecule has 132 valence electrons. The van der Waals surface area contributed by atoms with Crippen LogP contribution in [0.25, 0.3) is 0 Å². The van der Waals surface area contributed by atoms with Gasteiger partial charge in [-0.15, -0.1) is 0 Å². The third-order valence-electron chi connectivity index (χ3n) is 3.23. The number of hydrazone groups is 1. The Morgan fingerprint density at radius 1 is 1.16 bits per heavy atom. The van der Waals surface area contributed by atoms with Crippen molar-refractivity contribution in [3.05, 3.63) is 54.0 Å². The summed E-state index contributed by atoms with van der Waals surface area (Å²) in [6.07, 6.45) is 3.06. The maximum Gasteiger partial charge on any atom is 0.315 e. The number of amides is 3. The highest BCUT2D eigenvalue weighted by atomic mass is 16.3. The van der Waals surface area contributed by atoms with Crippen LogP contribution in [0.1, 0.15) is 11.3 Å². The van der Waals surface area contributed by atoms with E-state index in [2.05, 4.69) is 21.2 Å². The van der Waals surface area contributed by atoms with Crippen molar-refractivity contribution in [2.75, 3.05) is 25.5 Å². The molecule has 1 aromatic heterocycles. The zero-order valence-corrected chi connectivity index (χ0v) is 14.2. The molecule has 0 fully saturated rings. The second-order valence-electron chi connectivity index (χ2n) is 5.39. The Kier molecular flexibility index (Phi) is 6.58. The standard InChI is InChI=1S/C17H21N5O3/c1-22(2)14-7-5-13(6-8-14)10-20-21-16(23)12-19-17(24)18-11-15-4-3-9-25-15/h3-10H,11-12H2,1-2H3,(H,21,23)(H2,18,19,24)/b20-10+. The highest BCUT2D eigenvalue weighted by Crippen LogP contribution is 2.10. The van der Waals surface area contributed by atoms with Gasteiger partial charge in [-0.3, -0.25) is 4.79 Å². The normalized spacial score (nSPS) is 10.5. The fraction of sp³-hybridized carbons (Fsp3) is 0.235. The van der Waals surface area contributed by atoms with Gasteiger partial charge in [0, 0.05) is 19.8 Å². The van der Waals surface area contributed by atoms with E-state index in [4.69, 9.17) is 4.42 Å². The third kappa shape index (κ3) is 6.38. The number of carbonyl (C=O) groups excluding carboxylic acids is 2. The van der Waals surface area contributed by atoms with Crippen LogP contribution >= 0.6 is 0 Å². The lowest BCUT2D eigenvalue weighted by atomic mass is 10.2. The van der Waals surface area contributed by atoms with E-state index in [1.165, 1.54) is 12.5 Å². The third-order valence-corrected chi connectivity index (χ3v) is 3.23. The Labute approximate surface area is 145 Å². The van der Waals surface area contributed by atoms with Crippen molar-refractivity contribution in [1.82, 2.24) is 16.1 Å². The molecule has 3 N–H and O–H groups in total. The molecule has 0 radical (unpaired) electrons. The molecule has 0 saturated heterocycles. The van der Waals surface area contributed by atoms with E-state index in [0.717, 1.165) is 11.3 Å². The van der Waals surface area contributed by atoms with Crippen molar-refractivity contribution in [1.29, 1.82) is 0 Å². The first kappa shape index (κ1) is 18.1. The van der Waals surface area contributed by atoms with Gasteiger partial charge >= 0.3 is 6.03 Å². The summed E-state index contributed by atoms with van der Waals surface area (Å²) in [7, 11) is 3.92. The van der Waals surface area contributed by atoms with Gasteiger partial charge in [-0.05, 0) is 29.8 Å². The minimum absolute atomic E-state index is 0.180. The van der Waals surface area contributed by atoms with Gasteiger partial charge in [-0.1, -0.05) is 12.1 Å². The van der Waals surface area contributed by atoms with Gasteiger partial charge in [-0.2, -0.15) is 5.10 Å². The van der Waals surface area contributed by atoms with Gasteiger partial charge in [0.2, 0.25) is 0 Å². The lowest BCUT2D eigenvalue weighted by Crippen LogP contribution is -2.40. The predicted molar refractivity (Wildman–Crippen MR) is 95.5 cm³/mol. The second kappa shape index (κ2) is 9.11. The van der Waals surface area contributed by atoms with Crippen LogP contribution in [0.5, 0.6) is 0 Å². The summed E-state index contributed by atoms with van der Waals surface area (Å²) >= 11 is 0. The number of anilines is 1. The lowest BCUT2D eigenvalue weighted by molar-refractivity contribution is -0.120. The van der Waals surface area contributed by atoms with Crippen LogP contribution in [0.3, 0.4) is 0 Å². The number of urea groups is 1. The van der Waals surface area contributed by atoms with Gasteiger partial charge in [0.05, 0.1) is 19.0 Å². The fourth-order valence-corrected chi connectivity index (χ4v) is 1.88. The van der Waals surface area contributed by atoms with Gasteiger partial charge < -0.3 is 20.0 Å². The Morgan fingerprint density at radius 3 is 2.56 bits per heavy atom. The van der Waals surface area contributed by atoms with Crippen molar-refractivity contribution in [3.8, 4) is 0 Å². The first-order valence-electron chi connectivity index (χ1n) is 7.68. The molecule has 0 aliphatic carbocycles. The number of rotatable bonds is 7. The molecule has 0 atom stereocenters. The van der Waals surface area contributed by atoms with Gasteiger partial charge in [0.1, 0.15) is 12.3 Å². The van der Waals surface area contributed by atoms with Gasteiger partial charge in [0.15, 0.2) is 0 Å². The molecule has 2 rings (SSSR count). The van der Waals surface area contributed by atoms with Crippen molar-refractivity contribution < 1.29 is 14.0 Å². The van der Waals surface area contributed by atoms with Crippen LogP contribution in [0.4, 0.5) is 10.5 Å². The molecule has 3 amide bonds. The summed E-state index contributed by atoms with van der Waals surface area (Å²) in [6.45, 7) is 0.0719. The van der Waals surface area contributed by atoms with Crippen molar-refractivity contribution >= 4 is 23.8 Å². The molecule has 0 unspecified atom stereocenters. The molecule has 1 aromatic carbocycles. The van der Waals surface area contributed by atoms with Crippen LogP contribution in [0.15, 0.2) is 52.2 Å². The summed E-state index contributed by atoms with van der Waals surface area (Å²) < 4.78 is 5.08. The number of nitrogens with zero attached hydrogens (tertiary/aromatic N) is 2. The molecule has 0 saturated carbocycles. The Hall–Kier alpha value is -3.29. The average Bonchev–Trinajstić information content (AvgIpc) is 3.12. The number of benzene rings is 1. The summed E-state index contributed by atoms with van der Waals surface area (Å²) in [5, 5.41) is 8.86. The van der Waals surface area contributed by atoms with E-state index in [9.17, 15) is 9.59 Å². The quantitative estimate of drug-likeness (QED) is 0.521. The average molecular weight is 343 g/mol. The Balaban J connectivity index is 1.66. The van der Waals surface area contributed by atoms with Crippen LogP contribution in [-0.2, 0) is 11.3 Å².